The Hall–Kier alpha value is -4.04. The number of nitrogens with zero attached hydrogens (tertiary/aromatic N) is 1. The molecule has 0 aliphatic carbocycles. The van der Waals surface area contributed by atoms with E-state index in [9.17, 15) is 9.18 Å². The van der Waals surface area contributed by atoms with Crippen LogP contribution < -0.4 is 23.7 Å². The lowest BCUT2D eigenvalue weighted by atomic mass is 10.0. The number of hydrogen-bond acceptors (Lipinski definition) is 7. The van der Waals surface area contributed by atoms with E-state index in [1.807, 2.05) is 0 Å². The van der Waals surface area contributed by atoms with E-state index in [-0.39, 0.29) is 17.4 Å². The standard InChI is InChI=1S/C27H24FNO6/c1-31-22-12-24(33-3)23(32-2)10-17(22)11-25-26(30)19-8-9-21-20(27(19)35-25)14-29(15-34-21)13-16-4-6-18(28)7-5-16/h4-12H,13-15H2,1-3H3/b25-11-. The summed E-state index contributed by atoms with van der Waals surface area (Å²) in [5, 5.41) is 0. The molecule has 0 atom stereocenters. The zero-order valence-electron chi connectivity index (χ0n) is 19.6. The van der Waals surface area contributed by atoms with E-state index >= 15 is 0 Å². The third kappa shape index (κ3) is 4.28. The molecule has 0 radical (unpaired) electrons. The van der Waals surface area contributed by atoms with E-state index in [0.29, 0.717) is 59.7 Å². The van der Waals surface area contributed by atoms with Gasteiger partial charge in [0.1, 0.15) is 29.8 Å². The summed E-state index contributed by atoms with van der Waals surface area (Å²) in [5.41, 5.74) is 2.85. The molecule has 2 aliphatic rings. The normalized spacial score (nSPS) is 15.8. The molecule has 7 nitrogen and oxygen atoms in total. The van der Waals surface area contributed by atoms with Crippen molar-refractivity contribution in [3.05, 3.63) is 82.4 Å². The Balaban J connectivity index is 1.44. The van der Waals surface area contributed by atoms with Crippen LogP contribution in [0.5, 0.6) is 28.7 Å². The van der Waals surface area contributed by atoms with E-state index in [4.69, 9.17) is 23.7 Å². The van der Waals surface area contributed by atoms with Gasteiger partial charge in [0.2, 0.25) is 5.78 Å². The van der Waals surface area contributed by atoms with E-state index < -0.39 is 0 Å². The molecule has 3 aromatic carbocycles. The number of hydrogen-bond donors (Lipinski definition) is 0. The average Bonchev–Trinajstić information content (AvgIpc) is 3.20. The molecule has 8 heteroatoms. The molecule has 3 aromatic rings. The predicted molar refractivity (Wildman–Crippen MR) is 127 cm³/mol. The zero-order chi connectivity index (χ0) is 24.5. The van der Waals surface area contributed by atoms with Gasteiger partial charge in [-0.15, -0.1) is 0 Å². The smallest absolute Gasteiger partial charge is 0.231 e. The number of carbonyl (C=O) groups excluding carboxylic acids is 1. The second-order valence-electron chi connectivity index (χ2n) is 8.19. The first-order valence-electron chi connectivity index (χ1n) is 11.0. The maximum atomic E-state index is 13.3. The minimum absolute atomic E-state index is 0.176. The number of ether oxygens (including phenoxy) is 5. The van der Waals surface area contributed by atoms with Crippen molar-refractivity contribution in [1.29, 1.82) is 0 Å². The van der Waals surface area contributed by atoms with Gasteiger partial charge in [0.25, 0.3) is 0 Å². The highest BCUT2D eigenvalue weighted by Crippen LogP contribution is 2.43. The summed E-state index contributed by atoms with van der Waals surface area (Å²) in [6.07, 6.45) is 1.63. The molecule has 2 aliphatic heterocycles. The van der Waals surface area contributed by atoms with Crippen molar-refractivity contribution in [3.63, 3.8) is 0 Å². The van der Waals surface area contributed by atoms with Crippen LogP contribution in [0.25, 0.3) is 6.08 Å². The highest BCUT2D eigenvalue weighted by atomic mass is 19.1. The molecule has 180 valence electrons. The van der Waals surface area contributed by atoms with Crippen LogP contribution in [0.4, 0.5) is 4.39 Å². The Morgan fingerprint density at radius 1 is 0.971 bits per heavy atom. The van der Waals surface area contributed by atoms with Crippen molar-refractivity contribution in [1.82, 2.24) is 4.90 Å². The molecule has 35 heavy (non-hydrogen) atoms. The monoisotopic (exact) mass is 477 g/mol. The first kappa shape index (κ1) is 22.7. The maximum Gasteiger partial charge on any atom is 0.231 e. The number of fused-ring (bicyclic) bond motifs is 3. The quantitative estimate of drug-likeness (QED) is 0.472. The average molecular weight is 477 g/mol. The number of rotatable bonds is 6. The van der Waals surface area contributed by atoms with Gasteiger partial charge in [0.05, 0.1) is 32.5 Å². The Bertz CT molecular complexity index is 1320. The fourth-order valence-corrected chi connectivity index (χ4v) is 4.26. The van der Waals surface area contributed by atoms with Crippen LogP contribution in [-0.4, -0.2) is 38.7 Å². The summed E-state index contributed by atoms with van der Waals surface area (Å²) < 4.78 is 41.5. The lowest BCUT2D eigenvalue weighted by Gasteiger charge is -2.29. The summed E-state index contributed by atoms with van der Waals surface area (Å²) >= 11 is 0. The summed E-state index contributed by atoms with van der Waals surface area (Å²) in [7, 11) is 4.62. The zero-order valence-corrected chi connectivity index (χ0v) is 19.6. The fraction of sp³-hybridized carbons (Fsp3) is 0.222. The second-order valence-corrected chi connectivity index (χ2v) is 8.19. The number of benzene rings is 3. The molecule has 0 unspecified atom stereocenters. The van der Waals surface area contributed by atoms with Crippen LogP contribution in [0.1, 0.15) is 27.0 Å². The van der Waals surface area contributed by atoms with Crippen LogP contribution in [0.3, 0.4) is 0 Å². The van der Waals surface area contributed by atoms with Crippen molar-refractivity contribution < 1.29 is 32.9 Å². The second kappa shape index (κ2) is 9.31. The van der Waals surface area contributed by atoms with Crippen molar-refractivity contribution in [3.8, 4) is 28.7 Å². The third-order valence-corrected chi connectivity index (χ3v) is 6.02. The number of methoxy groups -OCH3 is 3. The van der Waals surface area contributed by atoms with Gasteiger partial charge in [-0.1, -0.05) is 12.1 Å². The Labute approximate surface area is 202 Å². The topological polar surface area (TPSA) is 66.5 Å². The van der Waals surface area contributed by atoms with Gasteiger partial charge in [-0.3, -0.25) is 9.69 Å². The number of carbonyl (C=O) groups is 1. The van der Waals surface area contributed by atoms with Crippen molar-refractivity contribution in [2.45, 2.75) is 13.1 Å². The van der Waals surface area contributed by atoms with Crippen LogP contribution in [0.15, 0.2) is 54.3 Å². The minimum Gasteiger partial charge on any atom is -0.496 e. The molecule has 0 amide bonds. The molecule has 0 fully saturated rings. The van der Waals surface area contributed by atoms with E-state index in [0.717, 1.165) is 11.1 Å². The van der Waals surface area contributed by atoms with Crippen LogP contribution in [-0.2, 0) is 13.1 Å². The van der Waals surface area contributed by atoms with Crippen molar-refractivity contribution >= 4 is 11.9 Å². The lowest BCUT2D eigenvalue weighted by Crippen LogP contribution is -2.31. The van der Waals surface area contributed by atoms with Gasteiger partial charge < -0.3 is 23.7 Å². The number of halogens is 1. The molecule has 0 aromatic heterocycles. The predicted octanol–water partition coefficient (Wildman–Crippen LogP) is 4.82. The van der Waals surface area contributed by atoms with Crippen LogP contribution in [0, 0.1) is 5.82 Å². The number of Topliss-reactive ketones (excluding diaryl/α,β-unsaturated/α-hetero) is 1. The molecule has 0 spiro atoms. The van der Waals surface area contributed by atoms with Gasteiger partial charge in [0, 0.05) is 24.7 Å². The third-order valence-electron chi connectivity index (χ3n) is 6.02. The summed E-state index contributed by atoms with van der Waals surface area (Å²) in [6, 6.07) is 13.3. The first-order chi connectivity index (χ1) is 17.0. The molecule has 5 rings (SSSR count). The van der Waals surface area contributed by atoms with Gasteiger partial charge in [-0.05, 0) is 42.0 Å². The van der Waals surface area contributed by atoms with Gasteiger partial charge >= 0.3 is 0 Å². The molecular weight excluding hydrogens is 453 g/mol. The molecule has 0 bridgehead atoms. The van der Waals surface area contributed by atoms with E-state index in [1.54, 1.807) is 56.7 Å². The van der Waals surface area contributed by atoms with Crippen LogP contribution >= 0.6 is 0 Å². The molecule has 0 saturated carbocycles. The first-order valence-corrected chi connectivity index (χ1v) is 11.0. The van der Waals surface area contributed by atoms with Gasteiger partial charge in [0.15, 0.2) is 17.3 Å². The summed E-state index contributed by atoms with van der Waals surface area (Å²) in [5.74, 6) is 2.37. The van der Waals surface area contributed by atoms with E-state index in [1.165, 1.54) is 19.2 Å². The van der Waals surface area contributed by atoms with Crippen LogP contribution in [0.2, 0.25) is 0 Å². The van der Waals surface area contributed by atoms with E-state index in [2.05, 4.69) is 4.90 Å². The summed E-state index contributed by atoms with van der Waals surface area (Å²) in [4.78, 5) is 15.2. The fourth-order valence-electron chi connectivity index (χ4n) is 4.26. The molecule has 2 heterocycles. The Morgan fingerprint density at radius 2 is 1.69 bits per heavy atom. The highest BCUT2D eigenvalue weighted by molar-refractivity contribution is 6.15. The van der Waals surface area contributed by atoms with Gasteiger partial charge in [-0.25, -0.2) is 4.39 Å². The molecule has 0 saturated heterocycles. The Morgan fingerprint density at radius 3 is 2.40 bits per heavy atom. The maximum absolute atomic E-state index is 13.3. The highest BCUT2D eigenvalue weighted by Gasteiger charge is 2.34. The van der Waals surface area contributed by atoms with Crippen molar-refractivity contribution in [2.24, 2.45) is 0 Å². The number of ketones is 1. The van der Waals surface area contributed by atoms with Gasteiger partial charge in [-0.2, -0.15) is 0 Å². The minimum atomic E-state index is -0.274. The summed E-state index contributed by atoms with van der Waals surface area (Å²) in [6.45, 7) is 1.47. The largest absolute Gasteiger partial charge is 0.496 e. The Kier molecular flexibility index (Phi) is 6.05. The lowest BCUT2D eigenvalue weighted by molar-refractivity contribution is 0.0872. The molecule has 0 N–H and O–H groups in total. The van der Waals surface area contributed by atoms with Crippen molar-refractivity contribution in [2.75, 3.05) is 28.1 Å². The number of allylic oxidation sites excluding steroid dienone is 1. The molecular formula is C27H24FNO6. The SMILES string of the molecule is COc1cc(OC)c(OC)cc1/C=C1\Oc2c(ccc3c2CN(Cc2ccc(F)cc2)CO3)C1=O.